The van der Waals surface area contributed by atoms with Gasteiger partial charge in [-0.05, 0) is 60.9 Å². The number of aryl methyl sites for hydroxylation is 1. The zero-order valence-corrected chi connectivity index (χ0v) is 17.0. The minimum Gasteiger partial charge on any atom is -0.451 e. The highest BCUT2D eigenvalue weighted by Gasteiger charge is 2.22. The van der Waals surface area contributed by atoms with Gasteiger partial charge < -0.3 is 10.1 Å². The van der Waals surface area contributed by atoms with Crippen molar-refractivity contribution >= 4 is 34.8 Å². The summed E-state index contributed by atoms with van der Waals surface area (Å²) in [6, 6.07) is 9.45. The predicted octanol–water partition coefficient (Wildman–Crippen LogP) is 4.43. The third-order valence-electron chi connectivity index (χ3n) is 4.95. The second-order valence-electron chi connectivity index (χ2n) is 6.88. The minimum absolute atomic E-state index is 0.250. The van der Waals surface area contributed by atoms with Crippen molar-refractivity contribution in [3.63, 3.8) is 0 Å². The lowest BCUT2D eigenvalue weighted by Crippen LogP contribution is -2.30. The van der Waals surface area contributed by atoms with E-state index in [0.29, 0.717) is 28.8 Å². The second-order valence-corrected chi connectivity index (χ2v) is 8.45. The third-order valence-corrected chi connectivity index (χ3v) is 6.42. The predicted molar refractivity (Wildman–Crippen MR) is 109 cm³/mol. The van der Waals surface area contributed by atoms with Crippen LogP contribution >= 0.6 is 22.9 Å². The summed E-state index contributed by atoms with van der Waals surface area (Å²) in [6.07, 6.45) is 5.14. The number of carbonyl (C=O) groups excluding carboxylic acids is 2. The van der Waals surface area contributed by atoms with Crippen LogP contribution in [0.3, 0.4) is 0 Å². The molecule has 0 spiro atoms. The van der Waals surface area contributed by atoms with Crippen molar-refractivity contribution in [2.24, 2.45) is 5.92 Å². The first-order valence-corrected chi connectivity index (χ1v) is 10.5. The zero-order chi connectivity index (χ0) is 19.2. The fraction of sp³-hybridized carbons (Fsp3) is 0.429. The third kappa shape index (κ3) is 5.56. The van der Waals surface area contributed by atoms with E-state index in [-0.39, 0.29) is 12.5 Å². The van der Waals surface area contributed by atoms with Crippen molar-refractivity contribution in [2.75, 3.05) is 13.2 Å². The molecule has 6 heteroatoms. The SMILES string of the molecule is CC[C@@H]1CCc2sc(C(=O)OCC(=O)NCCc3ccc(Cl)cc3)cc2C1. The fourth-order valence-electron chi connectivity index (χ4n) is 3.30. The molecule has 1 aliphatic carbocycles. The lowest BCUT2D eigenvalue weighted by Gasteiger charge is -2.19. The van der Waals surface area contributed by atoms with Gasteiger partial charge in [0.15, 0.2) is 6.61 Å². The van der Waals surface area contributed by atoms with Crippen LogP contribution in [0.5, 0.6) is 0 Å². The normalized spacial score (nSPS) is 15.9. The molecule has 0 unspecified atom stereocenters. The smallest absolute Gasteiger partial charge is 0.348 e. The van der Waals surface area contributed by atoms with Crippen molar-refractivity contribution in [1.82, 2.24) is 5.32 Å². The summed E-state index contributed by atoms with van der Waals surface area (Å²) in [7, 11) is 0. The van der Waals surface area contributed by atoms with E-state index in [2.05, 4.69) is 12.2 Å². The molecule has 0 bridgehead atoms. The Hall–Kier alpha value is -1.85. The molecule has 1 aliphatic rings. The van der Waals surface area contributed by atoms with Crippen molar-refractivity contribution in [3.8, 4) is 0 Å². The summed E-state index contributed by atoms with van der Waals surface area (Å²) in [5.74, 6) is 0.0161. The number of hydrogen-bond donors (Lipinski definition) is 1. The molecule has 4 nitrogen and oxygen atoms in total. The molecule has 1 N–H and O–H groups in total. The number of thiophene rings is 1. The standard InChI is InChI=1S/C21H24ClNO3S/c1-2-14-5-8-18-16(11-14)12-19(27-18)21(25)26-13-20(24)23-10-9-15-3-6-17(22)7-4-15/h3-4,6-7,12,14H,2,5,8-11,13H2,1H3,(H,23,24)/t14-/m1/s1. The van der Waals surface area contributed by atoms with Crippen LogP contribution in [0.1, 0.15) is 45.4 Å². The zero-order valence-electron chi connectivity index (χ0n) is 15.4. The molecule has 0 radical (unpaired) electrons. The molecule has 27 heavy (non-hydrogen) atoms. The van der Waals surface area contributed by atoms with Gasteiger partial charge in [0.25, 0.3) is 5.91 Å². The number of esters is 1. The van der Waals surface area contributed by atoms with Gasteiger partial charge >= 0.3 is 5.97 Å². The van der Waals surface area contributed by atoms with Gasteiger partial charge in [-0.25, -0.2) is 4.79 Å². The number of ether oxygens (including phenoxy) is 1. The summed E-state index contributed by atoms with van der Waals surface area (Å²) in [5.41, 5.74) is 2.36. The maximum absolute atomic E-state index is 12.2. The first-order chi connectivity index (χ1) is 13.0. The molecule has 0 fully saturated rings. The monoisotopic (exact) mass is 405 g/mol. The Morgan fingerprint density at radius 3 is 2.81 bits per heavy atom. The Morgan fingerprint density at radius 1 is 1.30 bits per heavy atom. The number of halogens is 1. The lowest BCUT2D eigenvalue weighted by molar-refractivity contribution is -0.124. The first kappa shape index (κ1) is 19.9. The average Bonchev–Trinajstić information content (AvgIpc) is 3.11. The molecular weight excluding hydrogens is 382 g/mol. The second kappa shape index (κ2) is 9.38. The van der Waals surface area contributed by atoms with E-state index >= 15 is 0 Å². The Morgan fingerprint density at radius 2 is 2.07 bits per heavy atom. The lowest BCUT2D eigenvalue weighted by atomic mass is 9.87. The largest absolute Gasteiger partial charge is 0.451 e. The van der Waals surface area contributed by atoms with E-state index in [4.69, 9.17) is 16.3 Å². The van der Waals surface area contributed by atoms with Crippen LogP contribution in [0, 0.1) is 5.92 Å². The van der Waals surface area contributed by atoms with E-state index in [1.807, 2.05) is 30.3 Å². The molecule has 1 atom stereocenters. The molecule has 2 aromatic rings. The van der Waals surface area contributed by atoms with Crippen LogP contribution in [-0.2, 0) is 28.8 Å². The maximum atomic E-state index is 12.2. The topological polar surface area (TPSA) is 55.4 Å². The molecule has 0 saturated heterocycles. The quantitative estimate of drug-likeness (QED) is 0.693. The van der Waals surface area contributed by atoms with E-state index in [9.17, 15) is 9.59 Å². The molecule has 0 saturated carbocycles. The molecular formula is C21H24ClNO3S. The number of fused-ring (bicyclic) bond motifs is 1. The summed E-state index contributed by atoms with van der Waals surface area (Å²) in [4.78, 5) is 26.0. The van der Waals surface area contributed by atoms with Gasteiger partial charge in [0.1, 0.15) is 4.88 Å². The van der Waals surface area contributed by atoms with Crippen LogP contribution in [-0.4, -0.2) is 25.0 Å². The molecule has 1 aromatic carbocycles. The van der Waals surface area contributed by atoms with E-state index < -0.39 is 5.97 Å². The Labute approximate surface area is 168 Å². The average molecular weight is 406 g/mol. The van der Waals surface area contributed by atoms with Gasteiger partial charge in [0, 0.05) is 16.4 Å². The molecule has 144 valence electrons. The van der Waals surface area contributed by atoms with E-state index in [1.54, 1.807) is 0 Å². The van der Waals surface area contributed by atoms with E-state index in [1.165, 1.54) is 34.6 Å². The fourth-order valence-corrected chi connectivity index (χ4v) is 4.53. The van der Waals surface area contributed by atoms with Crippen molar-refractivity contribution in [2.45, 2.75) is 39.0 Å². The Kier molecular flexibility index (Phi) is 6.91. The van der Waals surface area contributed by atoms with Crippen LogP contribution in [0.15, 0.2) is 30.3 Å². The summed E-state index contributed by atoms with van der Waals surface area (Å²) < 4.78 is 5.18. The highest BCUT2D eigenvalue weighted by atomic mass is 35.5. The van der Waals surface area contributed by atoms with E-state index in [0.717, 1.165) is 18.4 Å². The number of benzene rings is 1. The van der Waals surface area contributed by atoms with Crippen LogP contribution in [0.25, 0.3) is 0 Å². The van der Waals surface area contributed by atoms with Gasteiger partial charge in [-0.1, -0.05) is 37.1 Å². The number of hydrogen-bond acceptors (Lipinski definition) is 4. The molecule has 3 rings (SSSR count). The highest BCUT2D eigenvalue weighted by molar-refractivity contribution is 7.14. The number of rotatable bonds is 7. The van der Waals surface area contributed by atoms with Gasteiger partial charge in [-0.3, -0.25) is 4.79 Å². The Bertz CT molecular complexity index is 800. The molecule has 1 heterocycles. The molecule has 1 aromatic heterocycles. The number of carbonyl (C=O) groups is 2. The molecule has 1 amide bonds. The summed E-state index contributed by atoms with van der Waals surface area (Å²) in [5, 5.41) is 3.46. The van der Waals surface area contributed by atoms with Gasteiger partial charge in [-0.2, -0.15) is 0 Å². The Balaban J connectivity index is 1.41. The van der Waals surface area contributed by atoms with Crippen molar-refractivity contribution < 1.29 is 14.3 Å². The molecule has 0 aliphatic heterocycles. The van der Waals surface area contributed by atoms with Crippen LogP contribution in [0.2, 0.25) is 5.02 Å². The van der Waals surface area contributed by atoms with Crippen LogP contribution in [0.4, 0.5) is 0 Å². The van der Waals surface area contributed by atoms with Crippen molar-refractivity contribution in [1.29, 1.82) is 0 Å². The number of nitrogens with one attached hydrogen (secondary N) is 1. The highest BCUT2D eigenvalue weighted by Crippen LogP contribution is 2.33. The maximum Gasteiger partial charge on any atom is 0.348 e. The van der Waals surface area contributed by atoms with Gasteiger partial charge in [0.2, 0.25) is 0 Å². The van der Waals surface area contributed by atoms with Gasteiger partial charge in [0.05, 0.1) is 0 Å². The number of amides is 1. The summed E-state index contributed by atoms with van der Waals surface area (Å²) in [6.45, 7) is 2.45. The van der Waals surface area contributed by atoms with Crippen LogP contribution < -0.4 is 5.32 Å². The summed E-state index contributed by atoms with van der Waals surface area (Å²) >= 11 is 7.35. The van der Waals surface area contributed by atoms with Gasteiger partial charge in [-0.15, -0.1) is 11.3 Å². The first-order valence-electron chi connectivity index (χ1n) is 9.35. The van der Waals surface area contributed by atoms with Crippen molar-refractivity contribution in [3.05, 3.63) is 56.2 Å². The minimum atomic E-state index is -0.407.